The van der Waals surface area contributed by atoms with Crippen LogP contribution >= 0.6 is 11.6 Å². The standard InChI is InChI=1S/C18H19ClN4O3/c1-12(11-25-2)26-15-6-3-13(4-7-15)18-22-21-16(9-19)23(18)14-5-8-17(24)20-10-14/h3-8,10,12H,9,11H2,1-2H3,(H,20,24). The molecule has 2 heterocycles. The summed E-state index contributed by atoms with van der Waals surface area (Å²) < 4.78 is 12.7. The van der Waals surface area contributed by atoms with E-state index in [4.69, 9.17) is 21.1 Å². The molecular weight excluding hydrogens is 356 g/mol. The molecule has 1 N–H and O–H groups in total. The SMILES string of the molecule is COCC(C)Oc1ccc(-c2nnc(CCl)n2-c2ccc(=O)[nH]c2)cc1. The van der Waals surface area contributed by atoms with E-state index in [1.807, 2.05) is 35.8 Å². The Balaban J connectivity index is 1.93. The molecule has 0 bridgehead atoms. The van der Waals surface area contributed by atoms with E-state index in [9.17, 15) is 4.79 Å². The summed E-state index contributed by atoms with van der Waals surface area (Å²) in [5.74, 6) is 2.15. The third-order valence-corrected chi connectivity index (χ3v) is 3.97. The van der Waals surface area contributed by atoms with E-state index in [-0.39, 0.29) is 17.5 Å². The fourth-order valence-corrected chi connectivity index (χ4v) is 2.76. The van der Waals surface area contributed by atoms with E-state index in [0.29, 0.717) is 18.3 Å². The van der Waals surface area contributed by atoms with Gasteiger partial charge in [-0.05, 0) is 37.3 Å². The highest BCUT2D eigenvalue weighted by Crippen LogP contribution is 2.25. The molecule has 1 unspecified atom stereocenters. The molecule has 136 valence electrons. The van der Waals surface area contributed by atoms with Crippen LogP contribution in [0.3, 0.4) is 0 Å². The predicted molar refractivity (Wildman–Crippen MR) is 98.9 cm³/mol. The molecule has 0 saturated heterocycles. The minimum atomic E-state index is -0.178. The van der Waals surface area contributed by atoms with Crippen molar-refractivity contribution in [2.24, 2.45) is 0 Å². The quantitative estimate of drug-likeness (QED) is 0.643. The number of alkyl halides is 1. The van der Waals surface area contributed by atoms with Gasteiger partial charge < -0.3 is 14.5 Å². The number of ether oxygens (including phenoxy) is 2. The number of hydrogen-bond donors (Lipinski definition) is 1. The van der Waals surface area contributed by atoms with Crippen LogP contribution in [0.4, 0.5) is 0 Å². The Morgan fingerprint density at radius 2 is 1.96 bits per heavy atom. The lowest BCUT2D eigenvalue weighted by Crippen LogP contribution is -2.17. The topological polar surface area (TPSA) is 82.0 Å². The Bertz CT molecular complexity index is 900. The second-order valence-corrected chi connectivity index (χ2v) is 6.00. The number of benzene rings is 1. The van der Waals surface area contributed by atoms with Crippen LogP contribution in [-0.2, 0) is 10.6 Å². The van der Waals surface area contributed by atoms with Crippen LogP contribution < -0.4 is 10.3 Å². The van der Waals surface area contributed by atoms with Gasteiger partial charge in [0.15, 0.2) is 11.6 Å². The van der Waals surface area contributed by atoms with Gasteiger partial charge in [0.05, 0.1) is 18.2 Å². The number of aromatic amines is 1. The first kappa shape index (κ1) is 18.2. The number of aromatic nitrogens is 4. The molecular formula is C18H19ClN4O3. The van der Waals surface area contributed by atoms with E-state index in [1.165, 1.54) is 6.07 Å². The second kappa shape index (κ2) is 8.16. The molecule has 0 spiro atoms. The highest BCUT2D eigenvalue weighted by atomic mass is 35.5. The summed E-state index contributed by atoms with van der Waals surface area (Å²) >= 11 is 6.00. The lowest BCUT2D eigenvalue weighted by Gasteiger charge is -2.14. The molecule has 26 heavy (non-hydrogen) atoms. The molecule has 0 aliphatic rings. The molecule has 0 fully saturated rings. The highest BCUT2D eigenvalue weighted by Gasteiger charge is 2.15. The van der Waals surface area contributed by atoms with Crippen molar-refractivity contribution in [3.05, 3.63) is 58.8 Å². The molecule has 0 saturated carbocycles. The molecule has 2 aromatic heterocycles. The molecule has 0 amide bonds. The number of rotatable bonds is 7. The zero-order valence-electron chi connectivity index (χ0n) is 14.5. The Kier molecular flexibility index (Phi) is 5.70. The number of pyridine rings is 1. The van der Waals surface area contributed by atoms with Crippen LogP contribution in [0.1, 0.15) is 12.7 Å². The molecule has 0 aliphatic heterocycles. The van der Waals surface area contributed by atoms with Crippen molar-refractivity contribution in [3.63, 3.8) is 0 Å². The van der Waals surface area contributed by atoms with Crippen LogP contribution in [0.15, 0.2) is 47.4 Å². The predicted octanol–water partition coefficient (Wildman–Crippen LogP) is 2.78. The van der Waals surface area contributed by atoms with Gasteiger partial charge in [0.25, 0.3) is 0 Å². The van der Waals surface area contributed by atoms with Gasteiger partial charge in [0.2, 0.25) is 5.56 Å². The monoisotopic (exact) mass is 374 g/mol. The summed E-state index contributed by atoms with van der Waals surface area (Å²) in [5.41, 5.74) is 1.41. The van der Waals surface area contributed by atoms with Crippen molar-refractivity contribution in [2.45, 2.75) is 18.9 Å². The van der Waals surface area contributed by atoms with Crippen LogP contribution in [0, 0.1) is 0 Å². The lowest BCUT2D eigenvalue weighted by atomic mass is 10.2. The fraction of sp³-hybridized carbons (Fsp3) is 0.278. The number of halogens is 1. The molecule has 1 aromatic carbocycles. The van der Waals surface area contributed by atoms with Crippen molar-refractivity contribution in [1.29, 1.82) is 0 Å². The average Bonchev–Trinajstić information content (AvgIpc) is 3.07. The Morgan fingerprint density at radius 1 is 1.19 bits per heavy atom. The summed E-state index contributed by atoms with van der Waals surface area (Å²) in [5, 5.41) is 8.40. The maximum absolute atomic E-state index is 11.3. The third kappa shape index (κ3) is 3.95. The third-order valence-electron chi connectivity index (χ3n) is 3.73. The Labute approximate surface area is 155 Å². The Hall–Kier alpha value is -2.64. The summed E-state index contributed by atoms with van der Waals surface area (Å²) in [7, 11) is 1.64. The second-order valence-electron chi connectivity index (χ2n) is 5.73. The first-order valence-corrected chi connectivity index (χ1v) is 8.61. The van der Waals surface area contributed by atoms with Gasteiger partial charge in [-0.3, -0.25) is 9.36 Å². The van der Waals surface area contributed by atoms with Gasteiger partial charge in [-0.25, -0.2) is 0 Å². The minimum Gasteiger partial charge on any atom is -0.488 e. The number of methoxy groups -OCH3 is 1. The number of hydrogen-bond acceptors (Lipinski definition) is 5. The van der Waals surface area contributed by atoms with Gasteiger partial charge in [0.1, 0.15) is 11.9 Å². The minimum absolute atomic E-state index is 0.0431. The molecule has 7 nitrogen and oxygen atoms in total. The van der Waals surface area contributed by atoms with Crippen molar-refractivity contribution < 1.29 is 9.47 Å². The van der Waals surface area contributed by atoms with E-state index in [2.05, 4.69) is 15.2 Å². The zero-order valence-corrected chi connectivity index (χ0v) is 15.2. The van der Waals surface area contributed by atoms with Crippen molar-refractivity contribution in [2.75, 3.05) is 13.7 Å². The smallest absolute Gasteiger partial charge is 0.248 e. The van der Waals surface area contributed by atoms with Gasteiger partial charge in [-0.1, -0.05) is 0 Å². The lowest BCUT2D eigenvalue weighted by molar-refractivity contribution is 0.0921. The first-order chi connectivity index (χ1) is 12.6. The van der Waals surface area contributed by atoms with E-state index in [0.717, 1.165) is 17.0 Å². The van der Waals surface area contributed by atoms with Crippen LogP contribution in [0.5, 0.6) is 5.75 Å². The molecule has 1 atom stereocenters. The van der Waals surface area contributed by atoms with E-state index < -0.39 is 0 Å². The van der Waals surface area contributed by atoms with Gasteiger partial charge in [0, 0.05) is 24.9 Å². The maximum atomic E-state index is 11.3. The van der Waals surface area contributed by atoms with Crippen LogP contribution in [-0.4, -0.2) is 39.6 Å². The Morgan fingerprint density at radius 3 is 2.58 bits per heavy atom. The van der Waals surface area contributed by atoms with E-state index in [1.54, 1.807) is 19.4 Å². The summed E-state index contributed by atoms with van der Waals surface area (Å²) in [6.07, 6.45) is 1.56. The van der Waals surface area contributed by atoms with Crippen LogP contribution in [0.2, 0.25) is 0 Å². The fourth-order valence-electron chi connectivity index (χ4n) is 2.59. The van der Waals surface area contributed by atoms with Crippen molar-refractivity contribution in [1.82, 2.24) is 19.7 Å². The molecule has 3 rings (SSSR count). The van der Waals surface area contributed by atoms with Gasteiger partial charge >= 0.3 is 0 Å². The number of H-pyrrole nitrogens is 1. The van der Waals surface area contributed by atoms with Crippen molar-refractivity contribution in [3.8, 4) is 22.8 Å². The molecule has 8 heteroatoms. The molecule has 3 aromatic rings. The zero-order chi connectivity index (χ0) is 18.5. The van der Waals surface area contributed by atoms with Crippen molar-refractivity contribution >= 4 is 11.6 Å². The summed E-state index contributed by atoms with van der Waals surface area (Å²) in [4.78, 5) is 14.0. The van der Waals surface area contributed by atoms with E-state index >= 15 is 0 Å². The average molecular weight is 375 g/mol. The molecule has 0 aliphatic carbocycles. The summed E-state index contributed by atoms with van der Waals surface area (Å²) in [6, 6.07) is 10.7. The van der Waals surface area contributed by atoms with Gasteiger partial charge in [-0.15, -0.1) is 21.8 Å². The summed E-state index contributed by atoms with van der Waals surface area (Å²) in [6.45, 7) is 2.46. The number of nitrogens with zero attached hydrogens (tertiary/aromatic N) is 3. The normalized spacial score (nSPS) is 12.1. The maximum Gasteiger partial charge on any atom is 0.248 e. The number of nitrogens with one attached hydrogen (secondary N) is 1. The highest BCUT2D eigenvalue weighted by molar-refractivity contribution is 6.16. The largest absolute Gasteiger partial charge is 0.488 e. The first-order valence-electron chi connectivity index (χ1n) is 8.07. The van der Waals surface area contributed by atoms with Crippen LogP contribution in [0.25, 0.3) is 17.1 Å². The van der Waals surface area contributed by atoms with Gasteiger partial charge in [-0.2, -0.15) is 0 Å². The molecule has 0 radical (unpaired) electrons.